The molecule has 1 atom stereocenters. The Labute approximate surface area is 127 Å². The number of piperidine rings is 1. The standard InChI is InChI=1S/C16H28N2O3/c1-4-18(13-7-8-13)14(19)11-17-9-5-6-12(10-17)16(2,3)15(20)21/h12-13H,4-11H2,1-3H3,(H,20,21). The van der Waals surface area contributed by atoms with Gasteiger partial charge in [0.05, 0.1) is 12.0 Å². The molecule has 1 saturated heterocycles. The molecule has 21 heavy (non-hydrogen) atoms. The Balaban J connectivity index is 1.92. The van der Waals surface area contributed by atoms with Crippen LogP contribution in [0.15, 0.2) is 0 Å². The molecule has 0 aromatic carbocycles. The lowest BCUT2D eigenvalue weighted by atomic mass is 9.74. The summed E-state index contributed by atoms with van der Waals surface area (Å²) in [5.74, 6) is -0.421. The lowest BCUT2D eigenvalue weighted by Crippen LogP contribution is -2.48. The Morgan fingerprint density at radius 2 is 1.95 bits per heavy atom. The molecule has 1 N–H and O–H groups in total. The van der Waals surface area contributed by atoms with Gasteiger partial charge in [-0.3, -0.25) is 14.5 Å². The second kappa shape index (κ2) is 6.34. The molecule has 5 nitrogen and oxygen atoms in total. The second-order valence-electron chi connectivity index (χ2n) is 7.01. The number of hydrogen-bond acceptors (Lipinski definition) is 3. The molecule has 2 rings (SSSR count). The molecule has 120 valence electrons. The molecule has 1 saturated carbocycles. The minimum Gasteiger partial charge on any atom is -0.481 e. The quantitative estimate of drug-likeness (QED) is 0.812. The van der Waals surface area contributed by atoms with E-state index in [1.54, 1.807) is 13.8 Å². The average Bonchev–Trinajstić information content (AvgIpc) is 3.24. The van der Waals surface area contributed by atoms with Crippen LogP contribution < -0.4 is 0 Å². The predicted molar refractivity (Wildman–Crippen MR) is 81.0 cm³/mol. The highest BCUT2D eigenvalue weighted by Gasteiger charge is 2.40. The number of hydrogen-bond donors (Lipinski definition) is 1. The van der Waals surface area contributed by atoms with E-state index in [2.05, 4.69) is 4.90 Å². The van der Waals surface area contributed by atoms with Crippen LogP contribution in [0.1, 0.15) is 46.5 Å². The van der Waals surface area contributed by atoms with Crippen molar-refractivity contribution in [2.75, 3.05) is 26.2 Å². The highest BCUT2D eigenvalue weighted by molar-refractivity contribution is 5.79. The molecule has 1 aliphatic heterocycles. The Hall–Kier alpha value is -1.10. The number of carbonyl (C=O) groups is 2. The maximum atomic E-state index is 12.4. The fraction of sp³-hybridized carbons (Fsp3) is 0.875. The van der Waals surface area contributed by atoms with Crippen LogP contribution in [0.2, 0.25) is 0 Å². The van der Waals surface area contributed by atoms with Gasteiger partial charge in [0.1, 0.15) is 0 Å². The largest absolute Gasteiger partial charge is 0.481 e. The van der Waals surface area contributed by atoms with Gasteiger partial charge in [-0.25, -0.2) is 0 Å². The van der Waals surface area contributed by atoms with E-state index < -0.39 is 11.4 Å². The van der Waals surface area contributed by atoms with E-state index in [-0.39, 0.29) is 11.8 Å². The molecular weight excluding hydrogens is 268 g/mol. The molecule has 1 amide bonds. The van der Waals surface area contributed by atoms with E-state index in [0.717, 1.165) is 38.8 Å². The molecule has 2 aliphatic rings. The summed E-state index contributed by atoms with van der Waals surface area (Å²) in [5.41, 5.74) is -0.720. The van der Waals surface area contributed by atoms with E-state index in [1.165, 1.54) is 0 Å². The summed E-state index contributed by atoms with van der Waals surface area (Å²) >= 11 is 0. The van der Waals surface area contributed by atoms with E-state index in [1.807, 2.05) is 11.8 Å². The number of likely N-dealkylation sites (tertiary alicyclic amines) is 1. The van der Waals surface area contributed by atoms with Gasteiger partial charge >= 0.3 is 5.97 Å². The molecule has 0 spiro atoms. The van der Waals surface area contributed by atoms with Crippen molar-refractivity contribution in [3.63, 3.8) is 0 Å². The van der Waals surface area contributed by atoms with E-state index in [9.17, 15) is 14.7 Å². The van der Waals surface area contributed by atoms with Gasteiger partial charge in [0, 0.05) is 19.1 Å². The van der Waals surface area contributed by atoms with Crippen LogP contribution in [-0.2, 0) is 9.59 Å². The fourth-order valence-electron chi connectivity index (χ4n) is 3.27. The summed E-state index contributed by atoms with van der Waals surface area (Å²) < 4.78 is 0. The highest BCUT2D eigenvalue weighted by Crippen LogP contribution is 2.34. The number of carbonyl (C=O) groups excluding carboxylic acids is 1. The van der Waals surface area contributed by atoms with Crippen molar-refractivity contribution in [1.82, 2.24) is 9.80 Å². The normalized spacial score (nSPS) is 23.9. The van der Waals surface area contributed by atoms with Crippen molar-refractivity contribution < 1.29 is 14.7 Å². The number of carboxylic acids is 1. The van der Waals surface area contributed by atoms with E-state index in [0.29, 0.717) is 19.1 Å². The number of rotatable bonds is 6. The first kappa shape index (κ1) is 16.3. The fourth-order valence-corrected chi connectivity index (χ4v) is 3.27. The molecule has 5 heteroatoms. The number of carboxylic acid groups (broad SMARTS) is 1. The third kappa shape index (κ3) is 3.76. The van der Waals surface area contributed by atoms with Crippen molar-refractivity contribution in [3.8, 4) is 0 Å². The highest BCUT2D eigenvalue weighted by atomic mass is 16.4. The van der Waals surface area contributed by atoms with Crippen molar-refractivity contribution in [2.24, 2.45) is 11.3 Å². The monoisotopic (exact) mass is 296 g/mol. The van der Waals surface area contributed by atoms with Gasteiger partial charge in [-0.2, -0.15) is 0 Å². The van der Waals surface area contributed by atoms with Crippen molar-refractivity contribution in [2.45, 2.75) is 52.5 Å². The minimum atomic E-state index is -0.742. The van der Waals surface area contributed by atoms with Crippen molar-refractivity contribution in [1.29, 1.82) is 0 Å². The SMILES string of the molecule is CCN(C(=O)CN1CCCC(C(C)(C)C(=O)O)C1)C1CC1. The molecular formula is C16H28N2O3. The van der Waals surface area contributed by atoms with Crippen LogP contribution in [-0.4, -0.2) is 59.0 Å². The van der Waals surface area contributed by atoms with E-state index >= 15 is 0 Å². The summed E-state index contributed by atoms with van der Waals surface area (Å²) in [4.78, 5) is 27.9. The van der Waals surface area contributed by atoms with Gasteiger partial charge in [-0.1, -0.05) is 0 Å². The zero-order valence-electron chi connectivity index (χ0n) is 13.5. The minimum absolute atomic E-state index is 0.118. The van der Waals surface area contributed by atoms with Gasteiger partial charge in [0.2, 0.25) is 5.91 Å². The van der Waals surface area contributed by atoms with Crippen LogP contribution >= 0.6 is 0 Å². The predicted octanol–water partition coefficient (Wildman–Crippen LogP) is 1.82. The summed E-state index contributed by atoms with van der Waals surface area (Å²) in [6, 6.07) is 0.457. The lowest BCUT2D eigenvalue weighted by Gasteiger charge is -2.39. The Morgan fingerprint density at radius 3 is 2.48 bits per heavy atom. The van der Waals surface area contributed by atoms with Gasteiger partial charge in [0.15, 0.2) is 0 Å². The topological polar surface area (TPSA) is 60.9 Å². The number of aliphatic carboxylic acids is 1. The van der Waals surface area contributed by atoms with Gasteiger partial charge < -0.3 is 10.0 Å². The van der Waals surface area contributed by atoms with Crippen LogP contribution in [0.4, 0.5) is 0 Å². The summed E-state index contributed by atoms with van der Waals surface area (Å²) in [5, 5.41) is 9.38. The molecule has 1 unspecified atom stereocenters. The van der Waals surface area contributed by atoms with Crippen molar-refractivity contribution >= 4 is 11.9 Å². The summed E-state index contributed by atoms with van der Waals surface area (Å²) in [7, 11) is 0. The average molecular weight is 296 g/mol. The summed E-state index contributed by atoms with van der Waals surface area (Å²) in [6.45, 7) is 8.47. The molecule has 2 fully saturated rings. The third-order valence-electron chi connectivity index (χ3n) is 5.08. The maximum Gasteiger partial charge on any atom is 0.309 e. The molecule has 0 bridgehead atoms. The van der Waals surface area contributed by atoms with Crippen LogP contribution in [0.25, 0.3) is 0 Å². The Morgan fingerprint density at radius 1 is 1.29 bits per heavy atom. The van der Waals surface area contributed by atoms with Crippen LogP contribution in [0.5, 0.6) is 0 Å². The van der Waals surface area contributed by atoms with Gasteiger partial charge in [-0.15, -0.1) is 0 Å². The zero-order chi connectivity index (χ0) is 15.6. The van der Waals surface area contributed by atoms with Crippen LogP contribution in [0, 0.1) is 11.3 Å². The van der Waals surface area contributed by atoms with Gasteiger partial charge in [-0.05, 0) is 58.9 Å². The zero-order valence-corrected chi connectivity index (χ0v) is 13.5. The lowest BCUT2D eigenvalue weighted by molar-refractivity contribution is -0.151. The third-order valence-corrected chi connectivity index (χ3v) is 5.08. The Bertz CT molecular complexity index is 404. The molecule has 1 heterocycles. The second-order valence-corrected chi connectivity index (χ2v) is 7.01. The summed E-state index contributed by atoms with van der Waals surface area (Å²) in [6.07, 6.45) is 4.18. The molecule has 0 aromatic heterocycles. The smallest absolute Gasteiger partial charge is 0.309 e. The number of nitrogens with zero attached hydrogens (tertiary/aromatic N) is 2. The molecule has 1 aliphatic carbocycles. The first-order chi connectivity index (χ1) is 9.86. The van der Waals surface area contributed by atoms with Gasteiger partial charge in [0.25, 0.3) is 0 Å². The van der Waals surface area contributed by atoms with Crippen LogP contribution in [0.3, 0.4) is 0 Å². The van der Waals surface area contributed by atoms with Crippen molar-refractivity contribution in [3.05, 3.63) is 0 Å². The molecule has 0 radical (unpaired) electrons. The van der Waals surface area contributed by atoms with E-state index in [4.69, 9.17) is 0 Å². The maximum absolute atomic E-state index is 12.4. The first-order valence-corrected chi connectivity index (χ1v) is 8.11. The Kier molecular flexibility index (Phi) is 4.91. The number of amides is 1. The first-order valence-electron chi connectivity index (χ1n) is 8.11. The molecule has 0 aromatic rings. The number of likely N-dealkylation sites (N-methyl/N-ethyl adjacent to an activating group) is 1.